The molecule has 0 saturated carbocycles. The van der Waals surface area contributed by atoms with Crippen LogP contribution in [-0.2, 0) is 24.4 Å². The summed E-state index contributed by atoms with van der Waals surface area (Å²) in [5.74, 6) is -0.319. The third-order valence-electron chi connectivity index (χ3n) is 7.90. The van der Waals surface area contributed by atoms with Crippen LogP contribution in [0.15, 0.2) is 133 Å². The number of fused-ring (bicyclic) bond motifs is 1. The van der Waals surface area contributed by atoms with E-state index in [4.69, 9.17) is 0 Å². The fourth-order valence-corrected chi connectivity index (χ4v) is 5.68. The van der Waals surface area contributed by atoms with Crippen molar-refractivity contribution in [3.63, 3.8) is 0 Å². The van der Waals surface area contributed by atoms with Crippen molar-refractivity contribution in [3.05, 3.63) is 167 Å². The van der Waals surface area contributed by atoms with Gasteiger partial charge in [0, 0.05) is 49.2 Å². The number of hydrogen-bond donors (Lipinski definition) is 2. The lowest BCUT2D eigenvalue weighted by atomic mass is 9.98. The Morgan fingerprint density at radius 1 is 0.644 bits per heavy atom. The molecule has 45 heavy (non-hydrogen) atoms. The number of rotatable bonds is 10. The van der Waals surface area contributed by atoms with E-state index in [0.717, 1.165) is 29.9 Å². The van der Waals surface area contributed by atoms with Crippen molar-refractivity contribution in [2.75, 3.05) is 24.7 Å². The first-order valence-corrected chi connectivity index (χ1v) is 15.1. The van der Waals surface area contributed by atoms with E-state index >= 15 is 0 Å². The molecule has 0 unspecified atom stereocenters. The minimum Gasteiger partial charge on any atom is -0.354 e. The van der Waals surface area contributed by atoms with Crippen molar-refractivity contribution in [1.82, 2.24) is 9.80 Å². The molecule has 0 fully saturated rings. The van der Waals surface area contributed by atoms with Crippen LogP contribution in [0.5, 0.6) is 0 Å². The van der Waals surface area contributed by atoms with Gasteiger partial charge in [0.05, 0.1) is 11.3 Å². The van der Waals surface area contributed by atoms with Gasteiger partial charge in [-0.1, -0.05) is 103 Å². The van der Waals surface area contributed by atoms with Crippen LogP contribution in [0, 0.1) is 0 Å². The molecule has 1 aliphatic heterocycles. The van der Waals surface area contributed by atoms with E-state index in [9.17, 15) is 9.59 Å². The molecule has 1 heterocycles. The first-order valence-electron chi connectivity index (χ1n) is 15.1. The highest BCUT2D eigenvalue weighted by atomic mass is 16.2. The molecule has 6 rings (SSSR count). The van der Waals surface area contributed by atoms with Crippen LogP contribution in [-0.4, -0.2) is 35.7 Å². The van der Waals surface area contributed by atoms with Gasteiger partial charge in [-0.05, 0) is 59.6 Å². The number of amides is 2. The smallest absolute Gasteiger partial charge is 0.258 e. The fraction of sp³-hybridized carbons (Fsp3) is 0.128. The lowest BCUT2D eigenvalue weighted by molar-refractivity contribution is -0.110. The van der Waals surface area contributed by atoms with E-state index in [1.54, 1.807) is 18.0 Å². The molecule has 0 bridgehead atoms. The average molecular weight is 593 g/mol. The fourth-order valence-electron chi connectivity index (χ4n) is 5.68. The zero-order valence-electron chi connectivity index (χ0n) is 25.5. The molecule has 0 aliphatic carbocycles. The minimum atomic E-state index is -0.210. The van der Waals surface area contributed by atoms with Crippen molar-refractivity contribution in [2.45, 2.75) is 19.6 Å². The lowest BCUT2D eigenvalue weighted by Crippen LogP contribution is -2.26. The summed E-state index contributed by atoms with van der Waals surface area (Å²) in [4.78, 5) is 30.9. The Hall–Kier alpha value is -5.46. The van der Waals surface area contributed by atoms with E-state index in [-0.39, 0.29) is 11.8 Å². The standard InChI is InChI=1S/C39H36N4O2/c1-42(25-28-12-6-3-7-13-28)26-30-18-21-33(22-19-30)40-37(31-16-10-5-11-17-31)36-34-24-32(20-23-35(34)41-38(36)44)39(45)43(2)27-29-14-8-4-9-15-29/h3-24,40H,25-27H2,1-2H3,(H,41,44). The summed E-state index contributed by atoms with van der Waals surface area (Å²) in [5.41, 5.74) is 8.36. The molecule has 5 aromatic rings. The molecule has 224 valence electrons. The van der Waals surface area contributed by atoms with Crippen LogP contribution >= 0.6 is 0 Å². The highest BCUT2D eigenvalue weighted by Gasteiger charge is 2.30. The Balaban J connectivity index is 1.27. The maximum Gasteiger partial charge on any atom is 0.258 e. The van der Waals surface area contributed by atoms with Crippen molar-refractivity contribution in [1.29, 1.82) is 0 Å². The van der Waals surface area contributed by atoms with E-state index in [1.807, 2.05) is 91.0 Å². The molecule has 0 spiro atoms. The third kappa shape index (κ3) is 7.03. The molecule has 6 heteroatoms. The molecular formula is C39H36N4O2. The zero-order chi connectivity index (χ0) is 31.2. The Bertz CT molecular complexity index is 1820. The first kappa shape index (κ1) is 29.6. The molecule has 5 aromatic carbocycles. The summed E-state index contributed by atoms with van der Waals surface area (Å²) in [5, 5.41) is 6.54. The normalized spacial score (nSPS) is 13.3. The Morgan fingerprint density at radius 2 is 1.20 bits per heavy atom. The Kier molecular flexibility index (Phi) is 8.85. The molecular weight excluding hydrogens is 556 g/mol. The van der Waals surface area contributed by atoms with Gasteiger partial charge >= 0.3 is 0 Å². The molecule has 0 atom stereocenters. The maximum atomic E-state index is 13.5. The van der Waals surface area contributed by atoms with Gasteiger partial charge in [0.1, 0.15) is 0 Å². The number of hydrogen-bond acceptors (Lipinski definition) is 4. The SMILES string of the molecule is CN(Cc1ccccc1)Cc1ccc(NC(=C2C(=O)Nc3ccc(C(=O)N(C)Cc4ccccc4)cc32)c2ccccc2)cc1. The monoisotopic (exact) mass is 592 g/mol. The van der Waals surface area contributed by atoms with E-state index in [2.05, 4.69) is 59.0 Å². The van der Waals surface area contributed by atoms with E-state index < -0.39 is 0 Å². The van der Waals surface area contributed by atoms with Crippen LogP contribution in [0.4, 0.5) is 11.4 Å². The van der Waals surface area contributed by atoms with Gasteiger partial charge in [-0.3, -0.25) is 14.5 Å². The van der Waals surface area contributed by atoms with Crippen molar-refractivity contribution in [2.24, 2.45) is 0 Å². The Morgan fingerprint density at radius 3 is 1.82 bits per heavy atom. The second-order valence-corrected chi connectivity index (χ2v) is 11.5. The predicted octanol–water partition coefficient (Wildman–Crippen LogP) is 7.52. The quantitative estimate of drug-likeness (QED) is 0.165. The minimum absolute atomic E-state index is 0.109. The van der Waals surface area contributed by atoms with Crippen LogP contribution in [0.25, 0.3) is 11.3 Å². The molecule has 2 amide bonds. The number of nitrogens with zero attached hydrogens (tertiary/aromatic N) is 2. The van der Waals surface area contributed by atoms with Gasteiger partial charge in [-0.15, -0.1) is 0 Å². The summed E-state index contributed by atoms with van der Waals surface area (Å²) in [6.07, 6.45) is 0. The van der Waals surface area contributed by atoms with Gasteiger partial charge in [-0.25, -0.2) is 0 Å². The summed E-state index contributed by atoms with van der Waals surface area (Å²) >= 11 is 0. The summed E-state index contributed by atoms with van der Waals surface area (Å²) in [6.45, 7) is 2.17. The highest BCUT2D eigenvalue weighted by Crippen LogP contribution is 2.38. The third-order valence-corrected chi connectivity index (χ3v) is 7.90. The number of carbonyl (C=O) groups excluding carboxylic acids is 2. The predicted molar refractivity (Wildman–Crippen MR) is 182 cm³/mol. The van der Waals surface area contributed by atoms with Gasteiger partial charge in [0.25, 0.3) is 11.8 Å². The van der Waals surface area contributed by atoms with E-state index in [0.29, 0.717) is 34.6 Å². The van der Waals surface area contributed by atoms with Gasteiger partial charge in [-0.2, -0.15) is 0 Å². The number of benzene rings is 5. The van der Waals surface area contributed by atoms with E-state index in [1.165, 1.54) is 11.1 Å². The topological polar surface area (TPSA) is 64.7 Å². The second-order valence-electron chi connectivity index (χ2n) is 11.5. The number of nitrogens with one attached hydrogen (secondary N) is 2. The molecule has 2 N–H and O–H groups in total. The van der Waals surface area contributed by atoms with Crippen molar-refractivity contribution >= 4 is 34.5 Å². The van der Waals surface area contributed by atoms with Gasteiger partial charge in [0.15, 0.2) is 0 Å². The number of anilines is 2. The summed E-state index contributed by atoms with van der Waals surface area (Å²) in [7, 11) is 3.91. The average Bonchev–Trinajstić information content (AvgIpc) is 3.40. The number of carbonyl (C=O) groups is 2. The van der Waals surface area contributed by atoms with Crippen LogP contribution in [0.3, 0.4) is 0 Å². The lowest BCUT2D eigenvalue weighted by Gasteiger charge is -2.19. The Labute approximate surface area is 264 Å². The molecule has 1 aliphatic rings. The summed E-state index contributed by atoms with van der Waals surface area (Å²) in [6, 6.07) is 43.9. The van der Waals surface area contributed by atoms with Crippen LogP contribution in [0.1, 0.15) is 38.2 Å². The first-order chi connectivity index (χ1) is 21.9. The van der Waals surface area contributed by atoms with Gasteiger partial charge in [0.2, 0.25) is 0 Å². The maximum absolute atomic E-state index is 13.5. The molecule has 0 aromatic heterocycles. The molecule has 6 nitrogen and oxygen atoms in total. The van der Waals surface area contributed by atoms with Crippen molar-refractivity contribution in [3.8, 4) is 0 Å². The van der Waals surface area contributed by atoms with Gasteiger partial charge < -0.3 is 15.5 Å². The van der Waals surface area contributed by atoms with Crippen LogP contribution < -0.4 is 10.6 Å². The van der Waals surface area contributed by atoms with Crippen molar-refractivity contribution < 1.29 is 9.59 Å². The largest absolute Gasteiger partial charge is 0.354 e. The molecule has 0 radical (unpaired) electrons. The van der Waals surface area contributed by atoms with Crippen LogP contribution in [0.2, 0.25) is 0 Å². The summed E-state index contributed by atoms with van der Waals surface area (Å²) < 4.78 is 0. The zero-order valence-corrected chi connectivity index (χ0v) is 25.5. The highest BCUT2D eigenvalue weighted by molar-refractivity contribution is 6.37. The second kappa shape index (κ2) is 13.5. The molecule has 0 saturated heterocycles.